The molecule has 0 bridgehead atoms. The van der Waals surface area contributed by atoms with Crippen molar-refractivity contribution < 1.29 is 14.3 Å². The first kappa shape index (κ1) is 26.2. The number of esters is 1. The number of ether oxygens (including phenoxy) is 2. The number of carbonyl (C=O) groups is 1. The van der Waals surface area contributed by atoms with Gasteiger partial charge in [-0.15, -0.1) is 0 Å². The molecule has 7 nitrogen and oxygen atoms in total. The Kier molecular flexibility index (Phi) is 6.90. The van der Waals surface area contributed by atoms with Crippen molar-refractivity contribution in [3.05, 3.63) is 75.8 Å². The molecular formula is C33H39N4O3+. The molecule has 40 heavy (non-hydrogen) atoms. The van der Waals surface area contributed by atoms with Crippen LogP contribution in [0.2, 0.25) is 0 Å². The first-order valence-electron chi connectivity index (χ1n) is 14.6. The summed E-state index contributed by atoms with van der Waals surface area (Å²) < 4.78 is 14.4. The van der Waals surface area contributed by atoms with Gasteiger partial charge in [-0.05, 0) is 51.5 Å². The van der Waals surface area contributed by atoms with Crippen LogP contribution in [-0.2, 0) is 4.74 Å². The molecule has 0 aliphatic carbocycles. The highest BCUT2D eigenvalue weighted by atomic mass is 16.5. The Hall–Kier alpha value is -4.00. The van der Waals surface area contributed by atoms with Crippen molar-refractivity contribution in [1.82, 2.24) is 4.58 Å². The summed E-state index contributed by atoms with van der Waals surface area (Å²) in [6.45, 7) is 16.5. The smallest absolute Gasteiger partial charge is 0.338 e. The van der Waals surface area contributed by atoms with Gasteiger partial charge in [0.05, 0.1) is 36.7 Å². The zero-order chi connectivity index (χ0) is 28.0. The zero-order valence-corrected chi connectivity index (χ0v) is 24.3. The molecule has 0 radical (unpaired) electrons. The quantitative estimate of drug-likeness (QED) is 0.274. The largest absolute Gasteiger partial charge is 0.465 e. The number of nitrogens with zero attached hydrogens (tertiary/aromatic N) is 4. The van der Waals surface area contributed by atoms with Gasteiger partial charge in [0.25, 0.3) is 0 Å². The molecule has 0 N–H and O–H groups in total. The van der Waals surface area contributed by atoms with Gasteiger partial charge < -0.3 is 24.2 Å². The van der Waals surface area contributed by atoms with Gasteiger partial charge in [0.2, 0.25) is 5.36 Å². The van der Waals surface area contributed by atoms with E-state index in [0.717, 1.165) is 85.8 Å². The topological polar surface area (TPSA) is 48.3 Å². The van der Waals surface area contributed by atoms with Crippen molar-refractivity contribution in [2.75, 3.05) is 74.2 Å². The molecule has 0 saturated heterocycles. The summed E-state index contributed by atoms with van der Waals surface area (Å²) >= 11 is 0. The maximum absolute atomic E-state index is 13.0. The molecule has 3 aromatic carbocycles. The Morgan fingerprint density at radius 2 is 1.50 bits per heavy atom. The van der Waals surface area contributed by atoms with Crippen LogP contribution in [0.3, 0.4) is 0 Å². The van der Waals surface area contributed by atoms with Crippen LogP contribution in [0.25, 0.3) is 5.57 Å². The minimum atomic E-state index is -0.340. The number of fused-ring (bicyclic) bond motifs is 4. The Balaban J connectivity index is 1.73. The van der Waals surface area contributed by atoms with Gasteiger partial charge in [0, 0.05) is 55.1 Å². The van der Waals surface area contributed by atoms with Crippen LogP contribution in [-0.4, -0.2) is 65.4 Å². The third-order valence-electron chi connectivity index (χ3n) is 8.68. The second kappa shape index (κ2) is 10.5. The summed E-state index contributed by atoms with van der Waals surface area (Å²) in [7, 11) is 1.44. The van der Waals surface area contributed by atoms with Gasteiger partial charge >= 0.3 is 5.97 Å². The second-order valence-corrected chi connectivity index (χ2v) is 10.5. The maximum atomic E-state index is 13.0. The summed E-state index contributed by atoms with van der Waals surface area (Å²) in [5.74, 6) is 1.31. The number of anilines is 3. The van der Waals surface area contributed by atoms with Crippen LogP contribution in [0, 0.1) is 0 Å². The SMILES string of the molecule is CCN1CCN(CC)c2cc3c(cc21)Oc1cc2c(cc1=C3c1ccccc1C(=O)OC)N(CC)CC[N+]=2CC. The molecule has 3 aliphatic rings. The molecule has 7 heteroatoms. The van der Waals surface area contributed by atoms with Gasteiger partial charge in [-0.3, -0.25) is 0 Å². The van der Waals surface area contributed by atoms with E-state index >= 15 is 0 Å². The van der Waals surface area contributed by atoms with Gasteiger partial charge in [-0.2, -0.15) is 0 Å². The maximum Gasteiger partial charge on any atom is 0.338 e. The van der Waals surface area contributed by atoms with E-state index in [2.05, 4.69) is 71.2 Å². The third kappa shape index (κ3) is 4.10. The highest BCUT2D eigenvalue weighted by molar-refractivity contribution is 6.00. The third-order valence-corrected chi connectivity index (χ3v) is 8.68. The summed E-state index contributed by atoms with van der Waals surface area (Å²) in [5.41, 5.74) is 7.04. The molecular weight excluding hydrogens is 500 g/mol. The predicted molar refractivity (Wildman–Crippen MR) is 162 cm³/mol. The van der Waals surface area contributed by atoms with Gasteiger partial charge in [0.1, 0.15) is 23.7 Å². The molecule has 0 unspecified atom stereocenters. The minimum Gasteiger partial charge on any atom is -0.465 e. The zero-order valence-electron chi connectivity index (χ0n) is 24.3. The molecule has 0 spiro atoms. The molecule has 6 rings (SSSR count). The molecule has 0 amide bonds. The van der Waals surface area contributed by atoms with Crippen LogP contribution < -0.4 is 34.6 Å². The van der Waals surface area contributed by atoms with E-state index in [4.69, 9.17) is 9.47 Å². The van der Waals surface area contributed by atoms with E-state index in [1.165, 1.54) is 29.5 Å². The summed E-state index contributed by atoms with van der Waals surface area (Å²) in [4.78, 5) is 20.3. The van der Waals surface area contributed by atoms with Crippen LogP contribution in [0.1, 0.15) is 49.2 Å². The first-order chi connectivity index (χ1) is 19.5. The predicted octanol–water partition coefficient (Wildman–Crippen LogP) is 3.84. The van der Waals surface area contributed by atoms with Crippen molar-refractivity contribution in [2.45, 2.75) is 27.7 Å². The number of rotatable bonds is 6. The molecule has 3 aliphatic heterocycles. The van der Waals surface area contributed by atoms with Crippen LogP contribution in [0.15, 0.2) is 48.5 Å². The standard InChI is InChI=1S/C33H39N4O3/c1-6-34-14-16-36(8-3)28-20-30-24(18-26(28)34)32(22-12-10-11-13-23(22)33(38)39-5)25-19-27-29(21-31(25)40-30)37(9-4)17-15-35(27)7-2/h10-13,18-21H,6-9,14-17H2,1-5H3/q+1. The Labute approximate surface area is 236 Å². The lowest BCUT2D eigenvalue weighted by Crippen LogP contribution is -2.47. The number of hydrogen-bond acceptors (Lipinski definition) is 6. The van der Waals surface area contributed by atoms with E-state index in [9.17, 15) is 4.79 Å². The number of hydrogen-bond donors (Lipinski definition) is 0. The minimum absolute atomic E-state index is 0.340. The van der Waals surface area contributed by atoms with E-state index in [1.54, 1.807) is 0 Å². The van der Waals surface area contributed by atoms with Crippen LogP contribution in [0.5, 0.6) is 11.5 Å². The first-order valence-corrected chi connectivity index (χ1v) is 14.6. The van der Waals surface area contributed by atoms with E-state index in [-0.39, 0.29) is 5.97 Å². The van der Waals surface area contributed by atoms with Crippen molar-refractivity contribution >= 4 is 28.6 Å². The molecule has 208 valence electrons. The molecule has 3 heterocycles. The number of carbonyl (C=O) groups excluding carboxylic acids is 1. The van der Waals surface area contributed by atoms with Crippen molar-refractivity contribution in [3.63, 3.8) is 0 Å². The fraction of sp³-hybridized carbons (Fsp3) is 0.394. The normalized spacial score (nSPS) is 15.7. The molecule has 0 aromatic heterocycles. The van der Waals surface area contributed by atoms with Gasteiger partial charge in [-0.25, -0.2) is 9.37 Å². The highest BCUT2D eigenvalue weighted by Crippen LogP contribution is 2.45. The van der Waals surface area contributed by atoms with E-state index in [0.29, 0.717) is 5.56 Å². The summed E-state index contributed by atoms with van der Waals surface area (Å²) in [6.07, 6.45) is 0. The fourth-order valence-corrected chi connectivity index (χ4v) is 6.51. The van der Waals surface area contributed by atoms with Crippen LogP contribution in [0.4, 0.5) is 17.1 Å². The van der Waals surface area contributed by atoms with Crippen molar-refractivity contribution in [1.29, 1.82) is 0 Å². The average Bonchev–Trinajstić information content (AvgIpc) is 3.00. The van der Waals surface area contributed by atoms with Crippen LogP contribution >= 0.6 is 0 Å². The fourth-order valence-electron chi connectivity index (χ4n) is 6.51. The second-order valence-electron chi connectivity index (χ2n) is 10.5. The monoisotopic (exact) mass is 539 g/mol. The summed E-state index contributed by atoms with van der Waals surface area (Å²) in [5, 5.41) is 2.20. The van der Waals surface area contributed by atoms with Gasteiger partial charge in [-0.1, -0.05) is 18.2 Å². The molecule has 3 aromatic rings. The van der Waals surface area contributed by atoms with Crippen molar-refractivity contribution in [3.8, 4) is 11.5 Å². The van der Waals surface area contributed by atoms with E-state index in [1.807, 2.05) is 24.3 Å². The number of methoxy groups -OCH3 is 1. The lowest BCUT2D eigenvalue weighted by atomic mass is 9.88. The molecule has 0 saturated carbocycles. The molecule has 0 fully saturated rings. The number of benzene rings is 3. The summed E-state index contributed by atoms with van der Waals surface area (Å²) in [6, 6.07) is 16.7. The van der Waals surface area contributed by atoms with E-state index < -0.39 is 0 Å². The number of likely N-dealkylation sites (N-methyl/N-ethyl adjacent to an activating group) is 4. The molecule has 0 atom stereocenters. The Morgan fingerprint density at radius 3 is 2.17 bits per heavy atom. The van der Waals surface area contributed by atoms with Crippen molar-refractivity contribution in [2.24, 2.45) is 0 Å². The van der Waals surface area contributed by atoms with Gasteiger partial charge in [0.15, 0.2) is 6.54 Å². The highest BCUT2D eigenvalue weighted by Gasteiger charge is 2.31. The lowest BCUT2D eigenvalue weighted by molar-refractivity contribution is 0.0600. The lowest BCUT2D eigenvalue weighted by Gasteiger charge is -2.39. The Morgan fingerprint density at radius 1 is 0.825 bits per heavy atom. The average molecular weight is 540 g/mol. The Bertz CT molecular complexity index is 1610.